The number of ether oxygens (including phenoxy) is 1. The van der Waals surface area contributed by atoms with Crippen molar-refractivity contribution in [2.45, 2.75) is 32.8 Å². The Morgan fingerprint density at radius 1 is 1.50 bits per heavy atom. The molecule has 0 aromatic rings. The van der Waals surface area contributed by atoms with Crippen molar-refractivity contribution < 1.29 is 9.53 Å². The molecule has 16 heavy (non-hydrogen) atoms. The van der Waals surface area contributed by atoms with E-state index in [0.717, 1.165) is 5.57 Å². The third-order valence-corrected chi connectivity index (χ3v) is 4.73. The molecule has 2 nitrogen and oxygen atoms in total. The fourth-order valence-corrected chi connectivity index (χ4v) is 4.17. The lowest BCUT2D eigenvalue weighted by molar-refractivity contribution is -0.147. The van der Waals surface area contributed by atoms with Gasteiger partial charge in [0.1, 0.15) is 6.10 Å². The van der Waals surface area contributed by atoms with Crippen molar-refractivity contribution in [2.75, 3.05) is 0 Å². The molecule has 0 aromatic carbocycles. The molecule has 0 heterocycles. The highest BCUT2D eigenvalue weighted by molar-refractivity contribution is 5.66. The molecule has 2 fully saturated rings. The van der Waals surface area contributed by atoms with E-state index in [-0.39, 0.29) is 12.1 Å². The maximum atomic E-state index is 11.1. The van der Waals surface area contributed by atoms with Crippen LogP contribution in [0.4, 0.5) is 0 Å². The molecule has 2 bridgehead atoms. The van der Waals surface area contributed by atoms with Crippen LogP contribution in [0.1, 0.15) is 26.7 Å². The van der Waals surface area contributed by atoms with Crippen LogP contribution < -0.4 is 0 Å². The zero-order valence-electron chi connectivity index (χ0n) is 9.90. The molecule has 2 saturated carbocycles. The number of allylic oxidation sites excluding steroid dienone is 2. The van der Waals surface area contributed by atoms with Crippen LogP contribution >= 0.6 is 0 Å². The van der Waals surface area contributed by atoms with Crippen LogP contribution in [0.2, 0.25) is 0 Å². The third-order valence-electron chi connectivity index (χ3n) is 4.73. The second-order valence-electron chi connectivity index (χ2n) is 5.48. The lowest BCUT2D eigenvalue weighted by Gasteiger charge is -2.33. The van der Waals surface area contributed by atoms with E-state index < -0.39 is 0 Å². The summed E-state index contributed by atoms with van der Waals surface area (Å²) in [4.78, 5) is 11.1. The first-order valence-corrected chi connectivity index (χ1v) is 6.12. The first-order valence-electron chi connectivity index (χ1n) is 6.12. The number of hydrogen-bond donors (Lipinski definition) is 0. The predicted octanol–water partition coefficient (Wildman–Crippen LogP) is 2.71. The molecule has 3 aliphatic carbocycles. The van der Waals surface area contributed by atoms with Gasteiger partial charge in [-0.3, -0.25) is 4.79 Å². The second-order valence-corrected chi connectivity index (χ2v) is 5.48. The number of rotatable bonds is 1. The van der Waals surface area contributed by atoms with E-state index in [4.69, 9.17) is 4.74 Å². The Labute approximate surface area is 96.4 Å². The first kappa shape index (κ1) is 10.1. The summed E-state index contributed by atoms with van der Waals surface area (Å²) in [5.74, 6) is 2.33. The highest BCUT2D eigenvalue weighted by Crippen LogP contribution is 2.61. The van der Waals surface area contributed by atoms with Gasteiger partial charge in [-0.15, -0.1) is 0 Å². The second kappa shape index (κ2) is 3.22. The summed E-state index contributed by atoms with van der Waals surface area (Å²) in [6, 6.07) is 0. The molecule has 0 radical (unpaired) electrons. The van der Waals surface area contributed by atoms with Gasteiger partial charge in [0.05, 0.1) is 0 Å². The van der Waals surface area contributed by atoms with Crippen LogP contribution in [0.3, 0.4) is 0 Å². The molecule has 0 aliphatic heterocycles. The number of hydrogen-bond acceptors (Lipinski definition) is 2. The molecular weight excluding hydrogens is 200 g/mol. The monoisotopic (exact) mass is 218 g/mol. The van der Waals surface area contributed by atoms with Crippen LogP contribution in [0.25, 0.3) is 0 Å². The molecule has 0 amide bonds. The van der Waals surface area contributed by atoms with Crippen LogP contribution in [0.5, 0.6) is 0 Å². The zero-order valence-corrected chi connectivity index (χ0v) is 9.90. The van der Waals surface area contributed by atoms with Gasteiger partial charge in [-0.1, -0.05) is 18.2 Å². The predicted molar refractivity (Wildman–Crippen MR) is 61.6 cm³/mol. The van der Waals surface area contributed by atoms with Crippen molar-refractivity contribution in [3.05, 3.63) is 23.8 Å². The Morgan fingerprint density at radius 2 is 2.25 bits per heavy atom. The summed E-state index contributed by atoms with van der Waals surface area (Å²) >= 11 is 0. The zero-order chi connectivity index (χ0) is 11.4. The molecule has 0 unspecified atom stereocenters. The summed E-state index contributed by atoms with van der Waals surface area (Å²) in [5.41, 5.74) is 2.69. The van der Waals surface area contributed by atoms with Crippen molar-refractivity contribution in [1.82, 2.24) is 0 Å². The number of fused-ring (bicyclic) bond motifs is 5. The molecule has 3 aliphatic rings. The van der Waals surface area contributed by atoms with Gasteiger partial charge < -0.3 is 4.74 Å². The van der Waals surface area contributed by atoms with Gasteiger partial charge in [-0.2, -0.15) is 0 Å². The van der Waals surface area contributed by atoms with Crippen molar-refractivity contribution >= 4 is 5.97 Å². The van der Waals surface area contributed by atoms with Gasteiger partial charge in [-0.25, -0.2) is 0 Å². The lowest BCUT2D eigenvalue weighted by atomic mass is 9.75. The van der Waals surface area contributed by atoms with Crippen molar-refractivity contribution in [3.63, 3.8) is 0 Å². The van der Waals surface area contributed by atoms with E-state index in [1.54, 1.807) is 0 Å². The van der Waals surface area contributed by atoms with Gasteiger partial charge >= 0.3 is 5.97 Å². The lowest BCUT2D eigenvalue weighted by Crippen LogP contribution is -2.34. The quantitative estimate of drug-likeness (QED) is 0.499. The average Bonchev–Trinajstić information content (AvgIpc) is 2.82. The van der Waals surface area contributed by atoms with E-state index in [2.05, 4.69) is 19.6 Å². The van der Waals surface area contributed by atoms with Crippen LogP contribution in [0.15, 0.2) is 23.8 Å². The highest BCUT2D eigenvalue weighted by Gasteiger charge is 2.57. The molecule has 3 rings (SSSR count). The summed E-state index contributed by atoms with van der Waals surface area (Å²) < 4.78 is 5.44. The third kappa shape index (κ3) is 1.16. The SMILES string of the molecule is C=C1[C@H]2C[C@H]([C@H]3CC=C(C)[C@H]32)[C@H]1OC(C)=O. The summed E-state index contributed by atoms with van der Waals surface area (Å²) in [6.07, 6.45) is 4.71. The molecule has 5 atom stereocenters. The topological polar surface area (TPSA) is 26.3 Å². The molecule has 0 aromatic heterocycles. The summed E-state index contributed by atoms with van der Waals surface area (Å²) in [5, 5.41) is 0. The molecule has 0 saturated heterocycles. The molecular formula is C14H18O2. The Morgan fingerprint density at radius 3 is 2.94 bits per heavy atom. The minimum atomic E-state index is -0.169. The Bertz CT molecular complexity index is 394. The van der Waals surface area contributed by atoms with Crippen LogP contribution in [0, 0.1) is 23.7 Å². The van der Waals surface area contributed by atoms with E-state index in [0.29, 0.717) is 23.7 Å². The van der Waals surface area contributed by atoms with Crippen molar-refractivity contribution in [1.29, 1.82) is 0 Å². The molecule has 2 heteroatoms. The van der Waals surface area contributed by atoms with E-state index >= 15 is 0 Å². The Kier molecular flexibility index (Phi) is 2.04. The standard InChI is InChI=1S/C14H18O2/c1-7-4-5-10-12-6-11(13(7)10)8(2)14(12)16-9(3)15/h4,10-14H,2,5-6H2,1,3H3/t10-,11-,12-,13-,14+/m1/s1. The van der Waals surface area contributed by atoms with Gasteiger partial charge in [0.25, 0.3) is 0 Å². The molecule has 86 valence electrons. The van der Waals surface area contributed by atoms with E-state index in [1.165, 1.54) is 25.3 Å². The van der Waals surface area contributed by atoms with Crippen molar-refractivity contribution in [3.8, 4) is 0 Å². The van der Waals surface area contributed by atoms with Crippen molar-refractivity contribution in [2.24, 2.45) is 23.7 Å². The van der Waals surface area contributed by atoms with Gasteiger partial charge in [-0.05, 0) is 43.1 Å². The fourth-order valence-electron chi connectivity index (χ4n) is 4.17. The van der Waals surface area contributed by atoms with Crippen LogP contribution in [-0.2, 0) is 9.53 Å². The largest absolute Gasteiger partial charge is 0.458 e. The Balaban J connectivity index is 1.86. The first-order chi connectivity index (χ1) is 7.59. The highest BCUT2D eigenvalue weighted by atomic mass is 16.5. The summed E-state index contributed by atoms with van der Waals surface area (Å²) in [6.45, 7) is 7.89. The fraction of sp³-hybridized carbons (Fsp3) is 0.643. The van der Waals surface area contributed by atoms with Gasteiger partial charge in [0.2, 0.25) is 0 Å². The van der Waals surface area contributed by atoms with E-state index in [1.807, 2.05) is 0 Å². The molecule has 0 spiro atoms. The molecule has 0 N–H and O–H groups in total. The van der Waals surface area contributed by atoms with Gasteiger partial charge in [0, 0.05) is 12.8 Å². The summed E-state index contributed by atoms with van der Waals surface area (Å²) in [7, 11) is 0. The smallest absolute Gasteiger partial charge is 0.303 e. The normalized spacial score (nSPS) is 44.5. The Hall–Kier alpha value is -1.05. The number of esters is 1. The van der Waals surface area contributed by atoms with Crippen LogP contribution in [-0.4, -0.2) is 12.1 Å². The number of carbonyl (C=O) groups excluding carboxylic acids is 1. The average molecular weight is 218 g/mol. The van der Waals surface area contributed by atoms with Gasteiger partial charge in [0.15, 0.2) is 0 Å². The minimum Gasteiger partial charge on any atom is -0.458 e. The van der Waals surface area contributed by atoms with E-state index in [9.17, 15) is 4.79 Å². The maximum absolute atomic E-state index is 11.1. The maximum Gasteiger partial charge on any atom is 0.303 e. The minimum absolute atomic E-state index is 0.00282. The number of carbonyl (C=O) groups is 1.